The predicted molar refractivity (Wildman–Crippen MR) is 97.0 cm³/mol. The number of carbonyl (C=O) groups is 1. The highest BCUT2D eigenvalue weighted by molar-refractivity contribution is 5.91. The van der Waals surface area contributed by atoms with E-state index in [1.165, 1.54) is 32.4 Å². The van der Waals surface area contributed by atoms with Gasteiger partial charge >= 0.3 is 0 Å². The molecule has 0 N–H and O–H groups in total. The molecule has 0 aliphatic carbocycles. The number of hydrogen-bond donors (Lipinski definition) is 0. The van der Waals surface area contributed by atoms with Crippen molar-refractivity contribution in [1.82, 2.24) is 9.80 Å². The highest BCUT2D eigenvalue weighted by Gasteiger charge is 2.28. The zero-order chi connectivity index (χ0) is 17.5. The molecule has 25 heavy (non-hydrogen) atoms. The second-order valence-electron chi connectivity index (χ2n) is 6.67. The van der Waals surface area contributed by atoms with E-state index in [4.69, 9.17) is 10.00 Å². The van der Waals surface area contributed by atoms with Crippen LogP contribution in [0.15, 0.2) is 30.3 Å². The maximum atomic E-state index is 12.5. The molecule has 3 rings (SSSR count). The molecule has 132 valence electrons. The first-order chi connectivity index (χ1) is 12.3. The van der Waals surface area contributed by atoms with Crippen LogP contribution in [0.2, 0.25) is 0 Å². The van der Waals surface area contributed by atoms with Crippen molar-refractivity contribution in [1.29, 1.82) is 5.26 Å². The number of hydrogen-bond acceptors (Lipinski definition) is 4. The zero-order valence-corrected chi connectivity index (χ0v) is 14.6. The van der Waals surface area contributed by atoms with E-state index in [1.54, 1.807) is 6.08 Å². The van der Waals surface area contributed by atoms with E-state index in [-0.39, 0.29) is 12.5 Å². The van der Waals surface area contributed by atoms with Gasteiger partial charge in [0.25, 0.3) is 0 Å². The lowest BCUT2D eigenvalue weighted by Crippen LogP contribution is -2.48. The molecule has 5 nitrogen and oxygen atoms in total. The van der Waals surface area contributed by atoms with Gasteiger partial charge in [0.2, 0.25) is 5.91 Å². The second kappa shape index (κ2) is 8.68. The van der Waals surface area contributed by atoms with Crippen molar-refractivity contribution < 1.29 is 9.53 Å². The monoisotopic (exact) mass is 339 g/mol. The average Bonchev–Trinajstić information content (AvgIpc) is 3.20. The summed E-state index contributed by atoms with van der Waals surface area (Å²) in [5, 5.41) is 8.51. The molecule has 2 aliphatic rings. The van der Waals surface area contributed by atoms with Crippen LogP contribution in [-0.4, -0.2) is 54.5 Å². The summed E-state index contributed by atoms with van der Waals surface area (Å²) >= 11 is 0. The number of nitrogens with zero attached hydrogens (tertiary/aromatic N) is 3. The molecule has 0 aromatic heterocycles. The van der Waals surface area contributed by atoms with E-state index in [9.17, 15) is 4.79 Å². The standard InChI is InChI=1S/C20H25N3O2/c21-11-15-25-19-8-5-17(6-9-19)7-10-20(24)23-14-3-4-18(16-23)22-12-1-2-13-22/h5-10,18H,1-4,12-16H2/b10-7-/t18-/m0/s1. The van der Waals surface area contributed by atoms with Gasteiger partial charge in [-0.1, -0.05) is 12.1 Å². The third-order valence-corrected chi connectivity index (χ3v) is 4.97. The molecule has 0 radical (unpaired) electrons. The summed E-state index contributed by atoms with van der Waals surface area (Å²) in [6, 6.07) is 9.87. The normalized spacial score (nSPS) is 21.4. The molecule has 0 saturated carbocycles. The maximum absolute atomic E-state index is 12.5. The fraction of sp³-hybridized carbons (Fsp3) is 0.500. The first-order valence-corrected chi connectivity index (χ1v) is 9.07. The molecule has 1 amide bonds. The van der Waals surface area contributed by atoms with Crippen LogP contribution in [0.3, 0.4) is 0 Å². The Hall–Kier alpha value is -2.32. The van der Waals surface area contributed by atoms with Crippen LogP contribution < -0.4 is 4.74 Å². The van der Waals surface area contributed by atoms with Crippen molar-refractivity contribution in [3.05, 3.63) is 35.9 Å². The molecule has 0 bridgehead atoms. The number of likely N-dealkylation sites (tertiary alicyclic amines) is 2. The van der Waals surface area contributed by atoms with Crippen molar-refractivity contribution >= 4 is 12.0 Å². The van der Waals surface area contributed by atoms with Gasteiger partial charge in [-0.05, 0) is 62.5 Å². The Morgan fingerprint density at radius 3 is 2.68 bits per heavy atom. The summed E-state index contributed by atoms with van der Waals surface area (Å²) in [4.78, 5) is 17.0. The average molecular weight is 339 g/mol. The minimum absolute atomic E-state index is 0.0425. The van der Waals surface area contributed by atoms with Gasteiger partial charge in [0.05, 0.1) is 0 Å². The largest absolute Gasteiger partial charge is 0.479 e. The molecular weight excluding hydrogens is 314 g/mol. The van der Waals surface area contributed by atoms with Gasteiger partial charge in [0.1, 0.15) is 11.8 Å². The van der Waals surface area contributed by atoms with Crippen LogP contribution in [0.1, 0.15) is 31.2 Å². The summed E-state index contributed by atoms with van der Waals surface area (Å²) < 4.78 is 5.23. The van der Waals surface area contributed by atoms with Crippen LogP contribution in [0.5, 0.6) is 5.75 Å². The van der Waals surface area contributed by atoms with E-state index in [0.29, 0.717) is 11.8 Å². The van der Waals surface area contributed by atoms with Gasteiger partial charge in [-0.15, -0.1) is 0 Å². The van der Waals surface area contributed by atoms with Crippen LogP contribution in [0, 0.1) is 11.3 Å². The maximum Gasteiger partial charge on any atom is 0.246 e. The second-order valence-corrected chi connectivity index (χ2v) is 6.67. The van der Waals surface area contributed by atoms with E-state index in [2.05, 4.69) is 4.90 Å². The lowest BCUT2D eigenvalue weighted by Gasteiger charge is -2.37. The summed E-state index contributed by atoms with van der Waals surface area (Å²) in [5.41, 5.74) is 0.950. The number of rotatable bonds is 5. The SMILES string of the molecule is N#CCOc1ccc(/C=C\C(=O)N2CCC[C@H](N3CCCC3)C2)cc1. The van der Waals surface area contributed by atoms with Gasteiger partial charge in [-0.3, -0.25) is 9.69 Å². The van der Waals surface area contributed by atoms with Gasteiger partial charge in [-0.25, -0.2) is 0 Å². The molecule has 1 aromatic rings. The molecule has 2 saturated heterocycles. The van der Waals surface area contributed by atoms with Crippen molar-refractivity contribution in [3.8, 4) is 11.8 Å². The third-order valence-electron chi connectivity index (χ3n) is 4.97. The van der Waals surface area contributed by atoms with E-state index >= 15 is 0 Å². The van der Waals surface area contributed by atoms with Crippen molar-refractivity contribution in [3.63, 3.8) is 0 Å². The molecule has 1 atom stereocenters. The smallest absolute Gasteiger partial charge is 0.246 e. The summed E-state index contributed by atoms with van der Waals surface area (Å²) in [5.74, 6) is 0.753. The summed E-state index contributed by atoms with van der Waals surface area (Å²) in [6.07, 6.45) is 8.38. The third kappa shape index (κ3) is 4.83. The Bertz CT molecular complexity index is 642. The van der Waals surface area contributed by atoms with Crippen molar-refractivity contribution in [2.45, 2.75) is 31.7 Å². The zero-order valence-electron chi connectivity index (χ0n) is 14.6. The fourth-order valence-electron chi connectivity index (χ4n) is 3.62. The van der Waals surface area contributed by atoms with E-state index < -0.39 is 0 Å². The lowest BCUT2D eigenvalue weighted by molar-refractivity contribution is -0.127. The highest BCUT2D eigenvalue weighted by Crippen LogP contribution is 2.21. The van der Waals surface area contributed by atoms with Crippen LogP contribution in [0.25, 0.3) is 6.08 Å². The van der Waals surface area contributed by atoms with E-state index in [1.807, 2.05) is 41.3 Å². The van der Waals surface area contributed by atoms with Crippen molar-refractivity contribution in [2.24, 2.45) is 0 Å². The first-order valence-electron chi connectivity index (χ1n) is 9.07. The van der Waals surface area contributed by atoms with Gasteiger partial charge < -0.3 is 9.64 Å². The number of piperidine rings is 1. The Morgan fingerprint density at radius 2 is 1.96 bits per heavy atom. The quantitative estimate of drug-likeness (QED) is 0.774. The number of carbonyl (C=O) groups excluding carboxylic acids is 1. The van der Waals surface area contributed by atoms with E-state index in [0.717, 1.165) is 25.1 Å². The number of ether oxygens (including phenoxy) is 1. The van der Waals surface area contributed by atoms with Gasteiger partial charge in [-0.2, -0.15) is 5.26 Å². The Labute approximate surface area is 149 Å². The summed E-state index contributed by atoms with van der Waals surface area (Å²) in [7, 11) is 0. The molecule has 2 fully saturated rings. The minimum Gasteiger partial charge on any atom is -0.479 e. The molecule has 2 aliphatic heterocycles. The minimum atomic E-state index is 0.0425. The summed E-state index contributed by atoms with van der Waals surface area (Å²) in [6.45, 7) is 4.12. The number of benzene rings is 1. The van der Waals surface area contributed by atoms with Crippen molar-refractivity contribution in [2.75, 3.05) is 32.8 Å². The predicted octanol–water partition coefficient (Wildman–Crippen LogP) is 2.69. The molecule has 0 spiro atoms. The lowest BCUT2D eigenvalue weighted by atomic mass is 10.0. The molecule has 2 heterocycles. The molecule has 0 unspecified atom stereocenters. The van der Waals surface area contributed by atoms with Crippen LogP contribution >= 0.6 is 0 Å². The van der Waals surface area contributed by atoms with Crippen LogP contribution in [0.4, 0.5) is 0 Å². The van der Waals surface area contributed by atoms with Gasteiger partial charge in [0.15, 0.2) is 6.61 Å². The number of amides is 1. The Balaban J connectivity index is 1.53. The molecular formula is C20H25N3O2. The van der Waals surface area contributed by atoms with Crippen LogP contribution in [-0.2, 0) is 4.79 Å². The highest BCUT2D eigenvalue weighted by atomic mass is 16.5. The Kier molecular flexibility index (Phi) is 6.08. The first kappa shape index (κ1) is 17.5. The topological polar surface area (TPSA) is 56.6 Å². The fourth-order valence-corrected chi connectivity index (χ4v) is 3.62. The van der Waals surface area contributed by atoms with Gasteiger partial charge in [0, 0.05) is 25.2 Å². The Morgan fingerprint density at radius 1 is 1.20 bits per heavy atom. The number of nitriles is 1. The molecule has 1 aromatic carbocycles. The molecule has 5 heteroatoms.